The van der Waals surface area contributed by atoms with Crippen LogP contribution in [0.15, 0.2) is 18.2 Å². The highest BCUT2D eigenvalue weighted by molar-refractivity contribution is 5.85. The summed E-state index contributed by atoms with van der Waals surface area (Å²) in [7, 11) is 0. The van der Waals surface area contributed by atoms with Crippen LogP contribution in [-0.2, 0) is 11.2 Å². The van der Waals surface area contributed by atoms with Gasteiger partial charge in [0, 0.05) is 0 Å². The molecule has 1 aromatic rings. The third-order valence-corrected chi connectivity index (χ3v) is 2.26. The number of carboxylic acids is 1. The molecule has 0 aliphatic heterocycles. The monoisotopic (exact) mass is 229 g/mol. The molecule has 0 aliphatic rings. The number of hydrogen-bond acceptors (Lipinski definition) is 2. The van der Waals surface area contributed by atoms with E-state index in [2.05, 4.69) is 0 Å². The topological polar surface area (TPSA) is 63.3 Å². The molecule has 15 heavy (non-hydrogen) atoms. The maximum Gasteiger partial charge on any atom is 0.320 e. The van der Waals surface area contributed by atoms with Crippen LogP contribution in [-0.4, -0.2) is 17.1 Å². The highest BCUT2D eigenvalue weighted by atomic mass is 35.5. The molecule has 1 atom stereocenters. The van der Waals surface area contributed by atoms with Crippen molar-refractivity contribution >= 4 is 18.4 Å². The van der Waals surface area contributed by atoms with E-state index in [1.54, 1.807) is 0 Å². The maximum absolute atomic E-state index is 10.6. The average molecular weight is 230 g/mol. The first kappa shape index (κ1) is 13.9. The van der Waals surface area contributed by atoms with Crippen LogP contribution in [0.2, 0.25) is 0 Å². The van der Waals surface area contributed by atoms with Crippen molar-refractivity contribution < 1.29 is 9.90 Å². The third-order valence-electron chi connectivity index (χ3n) is 2.26. The van der Waals surface area contributed by atoms with E-state index >= 15 is 0 Å². The highest BCUT2D eigenvalue weighted by Crippen LogP contribution is 2.12. The summed E-state index contributed by atoms with van der Waals surface area (Å²) in [5.41, 5.74) is 8.74. The molecule has 0 heterocycles. The van der Waals surface area contributed by atoms with Gasteiger partial charge in [0.15, 0.2) is 0 Å². The Balaban J connectivity index is 0.00000196. The fourth-order valence-corrected chi connectivity index (χ4v) is 1.40. The minimum absolute atomic E-state index is 0. The summed E-state index contributed by atoms with van der Waals surface area (Å²) < 4.78 is 0. The lowest BCUT2D eigenvalue weighted by Crippen LogP contribution is -2.32. The molecule has 84 valence electrons. The zero-order chi connectivity index (χ0) is 10.7. The normalized spacial score (nSPS) is 11.7. The van der Waals surface area contributed by atoms with Crippen molar-refractivity contribution in [1.29, 1.82) is 0 Å². The van der Waals surface area contributed by atoms with Gasteiger partial charge in [-0.05, 0) is 31.4 Å². The van der Waals surface area contributed by atoms with Crippen LogP contribution < -0.4 is 5.73 Å². The number of benzene rings is 1. The van der Waals surface area contributed by atoms with Crippen LogP contribution in [0.4, 0.5) is 0 Å². The van der Waals surface area contributed by atoms with E-state index in [1.165, 1.54) is 5.56 Å². The van der Waals surface area contributed by atoms with Gasteiger partial charge >= 0.3 is 5.97 Å². The molecular formula is C11H16ClNO2. The summed E-state index contributed by atoms with van der Waals surface area (Å²) in [6, 6.07) is 5.13. The number of aryl methyl sites for hydroxylation is 2. The standard InChI is InChI=1S/C11H15NO2.ClH/c1-7-3-4-9(8(2)5-7)6-10(12)11(13)14;/h3-5,10H,6,12H2,1-2H3,(H,13,14);1H/t10-;/m0./s1. The van der Waals surface area contributed by atoms with Crippen molar-refractivity contribution in [3.63, 3.8) is 0 Å². The lowest BCUT2D eigenvalue weighted by Gasteiger charge is -2.09. The quantitative estimate of drug-likeness (QED) is 0.829. The van der Waals surface area contributed by atoms with Crippen LogP contribution >= 0.6 is 12.4 Å². The molecular weight excluding hydrogens is 214 g/mol. The summed E-state index contributed by atoms with van der Waals surface area (Å²) in [4.78, 5) is 10.6. The summed E-state index contributed by atoms with van der Waals surface area (Å²) in [5.74, 6) is -0.954. The first-order valence-corrected chi connectivity index (χ1v) is 4.55. The van der Waals surface area contributed by atoms with Crippen LogP contribution in [0.3, 0.4) is 0 Å². The molecule has 0 fully saturated rings. The molecule has 0 spiro atoms. The Bertz CT molecular complexity index is 352. The molecule has 0 bridgehead atoms. The third kappa shape index (κ3) is 3.90. The van der Waals surface area contributed by atoms with E-state index < -0.39 is 12.0 Å². The van der Waals surface area contributed by atoms with Gasteiger partial charge in [-0.2, -0.15) is 0 Å². The predicted molar refractivity (Wildman–Crippen MR) is 62.5 cm³/mol. The van der Waals surface area contributed by atoms with E-state index in [0.717, 1.165) is 11.1 Å². The molecule has 0 unspecified atom stereocenters. The molecule has 1 rings (SSSR count). The van der Waals surface area contributed by atoms with E-state index in [0.29, 0.717) is 6.42 Å². The number of carboxylic acid groups (broad SMARTS) is 1. The maximum atomic E-state index is 10.6. The first-order valence-electron chi connectivity index (χ1n) is 4.55. The smallest absolute Gasteiger partial charge is 0.320 e. The van der Waals surface area contributed by atoms with E-state index in [1.807, 2.05) is 32.0 Å². The molecule has 3 nitrogen and oxygen atoms in total. The Morgan fingerprint density at radius 2 is 2.07 bits per heavy atom. The van der Waals surface area contributed by atoms with Crippen molar-refractivity contribution in [3.05, 3.63) is 34.9 Å². The summed E-state index contributed by atoms with van der Waals surface area (Å²) in [6.07, 6.45) is 0.390. The molecule has 0 aromatic heterocycles. The number of halogens is 1. The van der Waals surface area contributed by atoms with Crippen LogP contribution in [0.1, 0.15) is 16.7 Å². The summed E-state index contributed by atoms with van der Waals surface area (Å²) in [6.45, 7) is 3.98. The Morgan fingerprint density at radius 1 is 1.47 bits per heavy atom. The van der Waals surface area contributed by atoms with Gasteiger partial charge in [-0.1, -0.05) is 23.8 Å². The Morgan fingerprint density at radius 3 is 2.53 bits per heavy atom. The second-order valence-corrected chi connectivity index (χ2v) is 3.58. The van der Waals surface area contributed by atoms with E-state index in [4.69, 9.17) is 10.8 Å². The summed E-state index contributed by atoms with van der Waals surface area (Å²) >= 11 is 0. The minimum atomic E-state index is -0.954. The van der Waals surface area contributed by atoms with Gasteiger partial charge in [0.2, 0.25) is 0 Å². The van der Waals surface area contributed by atoms with Gasteiger partial charge in [-0.3, -0.25) is 4.79 Å². The number of rotatable bonds is 3. The largest absolute Gasteiger partial charge is 0.480 e. The SMILES string of the molecule is Cc1ccc(C[C@H](N)C(=O)O)c(C)c1.Cl. The van der Waals surface area contributed by atoms with Crippen molar-refractivity contribution in [2.75, 3.05) is 0 Å². The fourth-order valence-electron chi connectivity index (χ4n) is 1.40. The van der Waals surface area contributed by atoms with Crippen molar-refractivity contribution in [1.82, 2.24) is 0 Å². The minimum Gasteiger partial charge on any atom is -0.480 e. The van der Waals surface area contributed by atoms with Gasteiger partial charge in [0.05, 0.1) is 0 Å². The lowest BCUT2D eigenvalue weighted by atomic mass is 10.00. The van der Waals surface area contributed by atoms with Gasteiger partial charge in [-0.15, -0.1) is 12.4 Å². The second-order valence-electron chi connectivity index (χ2n) is 3.58. The van der Waals surface area contributed by atoms with Crippen molar-refractivity contribution in [2.24, 2.45) is 5.73 Å². The average Bonchev–Trinajstić information content (AvgIpc) is 2.09. The lowest BCUT2D eigenvalue weighted by molar-refractivity contribution is -0.138. The Hall–Kier alpha value is -1.06. The molecule has 0 saturated carbocycles. The van der Waals surface area contributed by atoms with Gasteiger partial charge in [-0.25, -0.2) is 0 Å². The summed E-state index contributed by atoms with van der Waals surface area (Å²) in [5, 5.41) is 8.66. The predicted octanol–water partition coefficient (Wildman–Crippen LogP) is 1.68. The number of nitrogens with two attached hydrogens (primary N) is 1. The molecule has 0 radical (unpaired) electrons. The van der Waals surface area contributed by atoms with E-state index in [9.17, 15) is 4.79 Å². The number of aliphatic carboxylic acids is 1. The number of carbonyl (C=O) groups is 1. The first-order chi connectivity index (χ1) is 6.50. The molecule has 0 saturated heterocycles. The van der Waals surface area contributed by atoms with E-state index in [-0.39, 0.29) is 12.4 Å². The highest BCUT2D eigenvalue weighted by Gasteiger charge is 2.12. The van der Waals surface area contributed by atoms with Gasteiger partial charge in [0.25, 0.3) is 0 Å². The zero-order valence-electron chi connectivity index (χ0n) is 8.86. The van der Waals surface area contributed by atoms with Crippen molar-refractivity contribution in [3.8, 4) is 0 Å². The molecule has 0 aliphatic carbocycles. The fraction of sp³-hybridized carbons (Fsp3) is 0.364. The van der Waals surface area contributed by atoms with Crippen LogP contribution in [0.25, 0.3) is 0 Å². The van der Waals surface area contributed by atoms with Crippen LogP contribution in [0, 0.1) is 13.8 Å². The zero-order valence-corrected chi connectivity index (χ0v) is 9.67. The van der Waals surface area contributed by atoms with Crippen LogP contribution in [0.5, 0.6) is 0 Å². The van der Waals surface area contributed by atoms with Gasteiger partial charge in [0.1, 0.15) is 6.04 Å². The van der Waals surface area contributed by atoms with Crippen molar-refractivity contribution in [2.45, 2.75) is 26.3 Å². The molecule has 3 N–H and O–H groups in total. The molecule has 0 amide bonds. The Kier molecular flexibility index (Phi) is 5.33. The Labute approximate surface area is 95.7 Å². The number of hydrogen-bond donors (Lipinski definition) is 2. The molecule has 4 heteroatoms. The molecule has 1 aromatic carbocycles. The second kappa shape index (κ2) is 5.73. The van der Waals surface area contributed by atoms with Gasteiger partial charge < -0.3 is 10.8 Å².